The van der Waals surface area contributed by atoms with Gasteiger partial charge in [-0.3, -0.25) is 4.90 Å². The number of nitrogens with zero attached hydrogens (tertiary/aromatic N) is 1. The molecule has 0 bridgehead atoms. The van der Waals surface area contributed by atoms with Gasteiger partial charge in [0.2, 0.25) is 0 Å². The van der Waals surface area contributed by atoms with Gasteiger partial charge < -0.3 is 5.11 Å². The third kappa shape index (κ3) is 5.17. The van der Waals surface area contributed by atoms with Crippen LogP contribution in [0.3, 0.4) is 0 Å². The van der Waals surface area contributed by atoms with E-state index < -0.39 is 5.60 Å². The van der Waals surface area contributed by atoms with Gasteiger partial charge in [0.15, 0.2) is 0 Å². The molecule has 2 aromatic rings. The Labute approximate surface area is 196 Å². The molecule has 164 valence electrons. The number of rotatable bonds is 6. The van der Waals surface area contributed by atoms with Gasteiger partial charge in [0, 0.05) is 6.42 Å². The van der Waals surface area contributed by atoms with E-state index in [1.807, 2.05) is 59.9 Å². The molecule has 2 nitrogen and oxygen atoms in total. The molecule has 0 amide bonds. The van der Waals surface area contributed by atoms with Crippen LogP contribution in [0.15, 0.2) is 60.7 Å². The maximum absolute atomic E-state index is 12.5. The fraction of sp³-hybridized carbons (Fsp3) is 0.481. The van der Waals surface area contributed by atoms with Crippen molar-refractivity contribution in [3.63, 3.8) is 0 Å². The number of hydrogen-bond donors (Lipinski definition) is 1. The number of thioether (sulfide) groups is 2. The van der Waals surface area contributed by atoms with E-state index in [2.05, 4.69) is 41.0 Å². The van der Waals surface area contributed by atoms with Crippen molar-refractivity contribution in [3.8, 4) is 11.8 Å². The molecule has 2 aromatic carbocycles. The third-order valence-electron chi connectivity index (χ3n) is 6.35. The first-order valence-corrected chi connectivity index (χ1v) is 13.5. The van der Waals surface area contributed by atoms with Crippen LogP contribution in [0, 0.1) is 11.8 Å². The second-order valence-corrected chi connectivity index (χ2v) is 11.5. The molecule has 0 spiro atoms. The van der Waals surface area contributed by atoms with Crippen molar-refractivity contribution in [3.05, 3.63) is 71.8 Å². The van der Waals surface area contributed by atoms with Crippen LogP contribution in [0.5, 0.6) is 0 Å². The van der Waals surface area contributed by atoms with Gasteiger partial charge in [-0.2, -0.15) is 0 Å². The van der Waals surface area contributed by atoms with Crippen molar-refractivity contribution >= 4 is 23.5 Å². The first-order chi connectivity index (χ1) is 15.2. The Kier molecular flexibility index (Phi) is 8.07. The zero-order valence-corrected chi connectivity index (χ0v) is 19.9. The Morgan fingerprint density at radius 2 is 1.39 bits per heavy atom. The highest BCUT2D eigenvalue weighted by molar-refractivity contribution is 8.18. The van der Waals surface area contributed by atoms with Crippen molar-refractivity contribution < 1.29 is 5.11 Å². The molecule has 0 unspecified atom stereocenters. The fourth-order valence-corrected chi connectivity index (χ4v) is 8.31. The lowest BCUT2D eigenvalue weighted by molar-refractivity contribution is 0.0644. The molecule has 31 heavy (non-hydrogen) atoms. The molecule has 2 aliphatic rings. The number of likely N-dealkylation sites (tertiary alicyclic amines) is 1. The van der Waals surface area contributed by atoms with Gasteiger partial charge in [0.05, 0.1) is 10.6 Å². The van der Waals surface area contributed by atoms with Crippen LogP contribution in [-0.4, -0.2) is 45.2 Å². The minimum atomic E-state index is -1.06. The third-order valence-corrected chi connectivity index (χ3v) is 9.97. The minimum Gasteiger partial charge on any atom is -0.378 e. The zero-order valence-electron chi connectivity index (χ0n) is 18.3. The van der Waals surface area contributed by atoms with Gasteiger partial charge in [-0.1, -0.05) is 73.0 Å². The Morgan fingerprint density at radius 1 is 0.806 bits per heavy atom. The molecule has 2 heterocycles. The lowest BCUT2D eigenvalue weighted by Gasteiger charge is -2.49. The predicted molar refractivity (Wildman–Crippen MR) is 135 cm³/mol. The van der Waals surface area contributed by atoms with Crippen molar-refractivity contribution in [2.24, 2.45) is 0 Å². The number of piperidine rings is 1. The second kappa shape index (κ2) is 11.0. The SMILES string of the molecule is OC(c1ccccc1)(c1ccccc1)C1(CCC#CCN2CCCCC2)SCCCS1. The van der Waals surface area contributed by atoms with Crippen molar-refractivity contribution in [1.82, 2.24) is 4.90 Å². The number of aliphatic hydroxyl groups is 1. The van der Waals surface area contributed by atoms with Crippen molar-refractivity contribution in [1.29, 1.82) is 0 Å². The summed E-state index contributed by atoms with van der Waals surface area (Å²) in [5, 5.41) is 12.5. The van der Waals surface area contributed by atoms with E-state index in [0.717, 1.165) is 42.0 Å². The van der Waals surface area contributed by atoms with E-state index in [0.29, 0.717) is 0 Å². The standard InChI is InChI=1S/C27H33NOS2/c29-27(24-14-5-1-6-15-24,25-16-7-2-8-17-25)26(30-22-13-23-31-26)18-9-3-10-19-28-20-11-4-12-21-28/h1-2,5-8,14-17,29H,4,9,11-13,18-23H2. The average Bonchev–Trinajstić information content (AvgIpc) is 2.85. The van der Waals surface area contributed by atoms with Crippen LogP contribution in [0.25, 0.3) is 0 Å². The monoisotopic (exact) mass is 451 g/mol. The lowest BCUT2D eigenvalue weighted by Crippen LogP contribution is -2.49. The van der Waals surface area contributed by atoms with E-state index >= 15 is 0 Å². The number of hydrogen-bond acceptors (Lipinski definition) is 4. The largest absolute Gasteiger partial charge is 0.378 e. The van der Waals surface area contributed by atoms with Gasteiger partial charge in [-0.25, -0.2) is 0 Å². The molecule has 2 saturated heterocycles. The van der Waals surface area contributed by atoms with Gasteiger partial charge >= 0.3 is 0 Å². The highest BCUT2D eigenvalue weighted by Crippen LogP contribution is 2.58. The molecule has 4 heteroatoms. The average molecular weight is 452 g/mol. The molecule has 0 aromatic heterocycles. The topological polar surface area (TPSA) is 23.5 Å². The van der Waals surface area contributed by atoms with Gasteiger partial charge in [0.1, 0.15) is 5.60 Å². The Morgan fingerprint density at radius 3 is 1.97 bits per heavy atom. The fourth-order valence-electron chi connectivity index (χ4n) is 4.67. The van der Waals surface area contributed by atoms with Crippen LogP contribution in [0.4, 0.5) is 0 Å². The highest BCUT2D eigenvalue weighted by Gasteiger charge is 2.54. The highest BCUT2D eigenvalue weighted by atomic mass is 32.2. The number of benzene rings is 2. The van der Waals surface area contributed by atoms with Crippen LogP contribution >= 0.6 is 23.5 Å². The quantitative estimate of drug-likeness (QED) is 0.564. The van der Waals surface area contributed by atoms with Crippen LogP contribution in [0.1, 0.15) is 49.7 Å². The van der Waals surface area contributed by atoms with E-state index in [4.69, 9.17) is 0 Å². The normalized spacial score (nSPS) is 19.4. The summed E-state index contributed by atoms with van der Waals surface area (Å²) in [6.45, 7) is 3.26. The molecule has 4 rings (SSSR count). The van der Waals surface area contributed by atoms with Gasteiger partial charge in [-0.05, 0) is 61.4 Å². The van der Waals surface area contributed by atoms with E-state index in [-0.39, 0.29) is 4.08 Å². The Balaban J connectivity index is 1.59. The molecular formula is C27H33NOS2. The first-order valence-electron chi connectivity index (χ1n) is 11.5. The first kappa shape index (κ1) is 22.8. The van der Waals surface area contributed by atoms with E-state index in [1.165, 1.54) is 38.8 Å². The predicted octanol–water partition coefficient (Wildman–Crippen LogP) is 5.76. The molecule has 2 aliphatic heterocycles. The molecule has 0 atom stereocenters. The van der Waals surface area contributed by atoms with E-state index in [1.54, 1.807) is 0 Å². The summed E-state index contributed by atoms with van der Waals surface area (Å²) in [4.78, 5) is 2.47. The van der Waals surface area contributed by atoms with Crippen LogP contribution < -0.4 is 0 Å². The maximum Gasteiger partial charge on any atom is 0.138 e. The summed E-state index contributed by atoms with van der Waals surface area (Å²) >= 11 is 3.86. The van der Waals surface area contributed by atoms with Gasteiger partial charge in [0.25, 0.3) is 0 Å². The molecular weight excluding hydrogens is 418 g/mol. The minimum absolute atomic E-state index is 0.340. The summed E-state index contributed by atoms with van der Waals surface area (Å²) in [5.41, 5.74) is 0.897. The molecule has 2 fully saturated rings. The van der Waals surface area contributed by atoms with Crippen molar-refractivity contribution in [2.45, 2.75) is 48.2 Å². The summed E-state index contributed by atoms with van der Waals surface area (Å²) in [7, 11) is 0. The van der Waals surface area contributed by atoms with Crippen LogP contribution in [0.2, 0.25) is 0 Å². The second-order valence-electron chi connectivity index (χ2n) is 8.44. The van der Waals surface area contributed by atoms with Crippen molar-refractivity contribution in [2.75, 3.05) is 31.1 Å². The summed E-state index contributed by atoms with van der Waals surface area (Å²) in [6, 6.07) is 20.5. The molecule has 1 N–H and O–H groups in total. The smallest absolute Gasteiger partial charge is 0.138 e. The molecule has 0 saturated carbocycles. The summed E-state index contributed by atoms with van der Waals surface area (Å²) < 4.78 is -0.340. The maximum atomic E-state index is 12.5. The summed E-state index contributed by atoms with van der Waals surface area (Å²) in [5.74, 6) is 9.03. The van der Waals surface area contributed by atoms with Crippen LogP contribution in [-0.2, 0) is 5.60 Å². The van der Waals surface area contributed by atoms with Gasteiger partial charge in [-0.15, -0.1) is 29.4 Å². The molecule has 0 radical (unpaired) electrons. The molecule has 0 aliphatic carbocycles. The Bertz CT molecular complexity index is 823. The lowest BCUT2D eigenvalue weighted by atomic mass is 9.81. The summed E-state index contributed by atoms with van der Waals surface area (Å²) in [6.07, 6.45) is 6.85. The van der Waals surface area contributed by atoms with E-state index in [9.17, 15) is 5.11 Å². The zero-order chi connectivity index (χ0) is 21.4. The Hall–Kier alpha value is -1.38.